The third-order valence-electron chi connectivity index (χ3n) is 5.89. The van der Waals surface area contributed by atoms with E-state index in [4.69, 9.17) is 5.73 Å². The molecule has 5 rings (SSSR count). The molecule has 1 saturated carbocycles. The van der Waals surface area contributed by atoms with Crippen LogP contribution in [-0.4, -0.2) is 38.0 Å². The first kappa shape index (κ1) is 18.3. The van der Waals surface area contributed by atoms with E-state index in [-0.39, 0.29) is 16.9 Å². The summed E-state index contributed by atoms with van der Waals surface area (Å²) < 4.78 is 29.5. The molecule has 1 fully saturated rings. The van der Waals surface area contributed by atoms with E-state index in [1.807, 2.05) is 11.3 Å². The minimum atomic E-state index is -3.76. The Morgan fingerprint density at radius 1 is 1.10 bits per heavy atom. The van der Waals surface area contributed by atoms with Gasteiger partial charge in [-0.25, -0.2) is 17.4 Å². The van der Waals surface area contributed by atoms with E-state index in [2.05, 4.69) is 22.1 Å². The summed E-state index contributed by atoms with van der Waals surface area (Å²) in [5.41, 5.74) is 8.79. The molecule has 1 aromatic carbocycles. The highest BCUT2D eigenvalue weighted by atomic mass is 32.2. The lowest BCUT2D eigenvalue weighted by Crippen LogP contribution is -2.15. The molecule has 9 heteroatoms. The number of fused-ring (bicyclic) bond motifs is 3. The second-order valence-electron chi connectivity index (χ2n) is 7.96. The number of benzene rings is 1. The fraction of sp³-hybridized carbons (Fsp3) is 0.350. The zero-order valence-electron chi connectivity index (χ0n) is 16.2. The number of nitrogens with zero attached hydrogens (tertiary/aromatic N) is 5. The smallest absolute Gasteiger partial charge is 0.269 e. The predicted molar refractivity (Wildman–Crippen MR) is 109 cm³/mol. The highest BCUT2D eigenvalue weighted by Crippen LogP contribution is 2.38. The van der Waals surface area contributed by atoms with Gasteiger partial charge < -0.3 is 5.73 Å². The third-order valence-corrected chi connectivity index (χ3v) is 7.57. The molecule has 1 aliphatic carbocycles. The fourth-order valence-electron chi connectivity index (χ4n) is 4.37. The number of nitrogens with two attached hydrogens (primary N) is 1. The Labute approximate surface area is 168 Å². The SMILES string of the molecule is Cc1ccc(S(=O)(=O)n2ccc3c2ncc2nnc(C4CC(N)CC4C)n23)cc1. The van der Waals surface area contributed by atoms with Crippen molar-refractivity contribution in [2.24, 2.45) is 11.7 Å². The van der Waals surface area contributed by atoms with Gasteiger partial charge in [-0.1, -0.05) is 24.6 Å². The monoisotopic (exact) mass is 410 g/mol. The lowest BCUT2D eigenvalue weighted by molar-refractivity contribution is 0.507. The maximum absolute atomic E-state index is 13.2. The first-order chi connectivity index (χ1) is 13.9. The van der Waals surface area contributed by atoms with Crippen molar-refractivity contribution in [1.29, 1.82) is 0 Å². The molecule has 0 bridgehead atoms. The Morgan fingerprint density at radius 3 is 2.55 bits per heavy atom. The molecule has 3 aromatic heterocycles. The molecule has 0 spiro atoms. The number of aromatic nitrogens is 5. The largest absolute Gasteiger partial charge is 0.328 e. The standard InChI is InChI=1S/C20H22N6O2S/c1-12-3-5-15(6-4-12)29(27,28)25-8-7-17-20(25)22-11-18-23-24-19(26(17)18)16-10-14(21)9-13(16)2/h3-8,11,13-14,16H,9-10,21H2,1-2H3. The van der Waals surface area contributed by atoms with E-state index in [9.17, 15) is 8.42 Å². The van der Waals surface area contributed by atoms with Crippen LogP contribution in [0.3, 0.4) is 0 Å². The Bertz CT molecular complexity index is 1320. The highest BCUT2D eigenvalue weighted by molar-refractivity contribution is 7.90. The van der Waals surface area contributed by atoms with Gasteiger partial charge in [0.05, 0.1) is 16.6 Å². The number of hydrogen-bond donors (Lipinski definition) is 1. The molecule has 3 atom stereocenters. The van der Waals surface area contributed by atoms with E-state index in [1.165, 1.54) is 3.97 Å². The fourth-order valence-corrected chi connectivity index (χ4v) is 5.66. The van der Waals surface area contributed by atoms with Gasteiger partial charge in [-0.15, -0.1) is 10.2 Å². The normalized spacial score (nSPS) is 22.7. The second kappa shape index (κ2) is 6.36. The summed E-state index contributed by atoms with van der Waals surface area (Å²) in [5, 5.41) is 8.67. The average Bonchev–Trinajstić information content (AvgIpc) is 3.37. The summed E-state index contributed by atoms with van der Waals surface area (Å²) in [7, 11) is -3.76. The molecule has 3 unspecified atom stereocenters. The predicted octanol–water partition coefficient (Wildman–Crippen LogP) is 2.47. The zero-order valence-corrected chi connectivity index (χ0v) is 17.0. The first-order valence-corrected chi connectivity index (χ1v) is 11.1. The molecular weight excluding hydrogens is 388 g/mol. The van der Waals surface area contributed by atoms with Gasteiger partial charge in [0.15, 0.2) is 11.3 Å². The summed E-state index contributed by atoms with van der Waals surface area (Å²) in [6, 6.07) is 8.69. The molecule has 0 aliphatic heterocycles. The van der Waals surface area contributed by atoms with Gasteiger partial charge >= 0.3 is 0 Å². The van der Waals surface area contributed by atoms with Gasteiger partial charge in [-0.3, -0.25) is 4.40 Å². The molecular formula is C20H22N6O2S. The van der Waals surface area contributed by atoms with E-state index in [0.717, 1.165) is 24.2 Å². The molecule has 1 aliphatic rings. The lowest BCUT2D eigenvalue weighted by Gasteiger charge is -2.13. The van der Waals surface area contributed by atoms with Gasteiger partial charge in [0.1, 0.15) is 5.82 Å². The molecule has 150 valence electrons. The van der Waals surface area contributed by atoms with Crippen molar-refractivity contribution < 1.29 is 8.42 Å². The van der Waals surface area contributed by atoms with Crippen LogP contribution in [0.25, 0.3) is 16.8 Å². The van der Waals surface area contributed by atoms with Crippen LogP contribution >= 0.6 is 0 Å². The summed E-state index contributed by atoms with van der Waals surface area (Å²) in [6.45, 7) is 4.09. The van der Waals surface area contributed by atoms with Crippen molar-refractivity contribution in [3.05, 3.63) is 54.1 Å². The van der Waals surface area contributed by atoms with Gasteiger partial charge in [0.25, 0.3) is 10.0 Å². The molecule has 29 heavy (non-hydrogen) atoms. The van der Waals surface area contributed by atoms with Gasteiger partial charge in [0.2, 0.25) is 0 Å². The Hall–Kier alpha value is -2.78. The van der Waals surface area contributed by atoms with Crippen LogP contribution in [0.5, 0.6) is 0 Å². The van der Waals surface area contributed by atoms with E-state index >= 15 is 0 Å². The first-order valence-electron chi connectivity index (χ1n) is 9.65. The minimum Gasteiger partial charge on any atom is -0.328 e. The van der Waals surface area contributed by atoms with Crippen molar-refractivity contribution in [3.8, 4) is 0 Å². The van der Waals surface area contributed by atoms with Gasteiger partial charge in [0, 0.05) is 18.2 Å². The molecule has 4 aromatic rings. The van der Waals surface area contributed by atoms with Crippen LogP contribution in [0.2, 0.25) is 0 Å². The topological polar surface area (TPSA) is 108 Å². The van der Waals surface area contributed by atoms with E-state index < -0.39 is 10.0 Å². The van der Waals surface area contributed by atoms with Gasteiger partial charge in [-0.2, -0.15) is 0 Å². The van der Waals surface area contributed by atoms with Crippen LogP contribution in [0.1, 0.15) is 37.1 Å². The quantitative estimate of drug-likeness (QED) is 0.556. The summed E-state index contributed by atoms with van der Waals surface area (Å²) in [4.78, 5) is 4.61. The molecule has 2 N–H and O–H groups in total. The van der Waals surface area contributed by atoms with Crippen LogP contribution in [0.4, 0.5) is 0 Å². The van der Waals surface area contributed by atoms with E-state index in [1.54, 1.807) is 42.7 Å². The van der Waals surface area contributed by atoms with Crippen molar-refractivity contribution in [3.63, 3.8) is 0 Å². The number of rotatable bonds is 3. The molecule has 8 nitrogen and oxygen atoms in total. The van der Waals surface area contributed by atoms with Crippen molar-refractivity contribution in [2.75, 3.05) is 0 Å². The minimum absolute atomic E-state index is 0.145. The maximum atomic E-state index is 13.2. The van der Waals surface area contributed by atoms with Crippen LogP contribution in [0.15, 0.2) is 47.6 Å². The Kier molecular flexibility index (Phi) is 4.01. The molecule has 0 radical (unpaired) electrons. The van der Waals surface area contributed by atoms with Gasteiger partial charge in [-0.05, 0) is 43.9 Å². The average molecular weight is 411 g/mol. The van der Waals surface area contributed by atoms with E-state index in [0.29, 0.717) is 22.7 Å². The number of aryl methyl sites for hydroxylation is 1. The highest BCUT2D eigenvalue weighted by Gasteiger charge is 2.34. The Morgan fingerprint density at radius 2 is 1.86 bits per heavy atom. The molecule has 3 heterocycles. The van der Waals surface area contributed by atoms with Crippen molar-refractivity contribution in [1.82, 2.24) is 23.6 Å². The van der Waals surface area contributed by atoms with Crippen LogP contribution in [-0.2, 0) is 10.0 Å². The maximum Gasteiger partial charge on any atom is 0.269 e. The summed E-state index contributed by atoms with van der Waals surface area (Å²) in [6.07, 6.45) is 4.89. The summed E-state index contributed by atoms with van der Waals surface area (Å²) in [5.74, 6) is 1.39. The third kappa shape index (κ3) is 2.76. The van der Waals surface area contributed by atoms with Crippen LogP contribution < -0.4 is 5.73 Å². The van der Waals surface area contributed by atoms with Crippen LogP contribution in [0, 0.1) is 12.8 Å². The number of hydrogen-bond acceptors (Lipinski definition) is 6. The lowest BCUT2D eigenvalue weighted by atomic mass is 9.97. The zero-order chi connectivity index (χ0) is 20.3. The second-order valence-corrected chi connectivity index (χ2v) is 9.78. The van der Waals surface area contributed by atoms with Crippen molar-refractivity contribution >= 4 is 26.8 Å². The molecule has 0 amide bonds. The molecule has 0 saturated heterocycles. The Balaban J connectivity index is 1.70. The van der Waals surface area contributed by atoms with Crippen molar-refractivity contribution in [2.45, 2.75) is 43.5 Å². The summed E-state index contributed by atoms with van der Waals surface area (Å²) >= 11 is 0.